The van der Waals surface area contributed by atoms with Crippen LogP contribution in [-0.4, -0.2) is 36.9 Å². The first-order chi connectivity index (χ1) is 14.6. The standard InChI is InChI=1S/C20H19N7O3/c1-26-17-16(18(28)24-20(26)29)27(11-12-30-15-5-3-2-4-6-15)19(23-17)25-22-13-14-7-9-21-10-8-14/h2-10,13H,11-12H2,1H3,(H,23,25)(H,24,28,29). The number of hydrogen-bond acceptors (Lipinski definition) is 7. The Bertz CT molecular complexity index is 1290. The number of rotatable bonds is 7. The van der Waals surface area contributed by atoms with Gasteiger partial charge in [0, 0.05) is 19.4 Å². The highest BCUT2D eigenvalue weighted by atomic mass is 16.5. The fraction of sp³-hybridized carbons (Fsp3) is 0.150. The molecule has 1 aromatic carbocycles. The number of nitrogens with zero attached hydrogens (tertiary/aromatic N) is 5. The van der Waals surface area contributed by atoms with E-state index in [0.29, 0.717) is 24.8 Å². The predicted molar refractivity (Wildman–Crippen MR) is 113 cm³/mol. The van der Waals surface area contributed by atoms with Crippen molar-refractivity contribution in [3.05, 3.63) is 81.3 Å². The molecule has 0 saturated heterocycles. The molecule has 10 heteroatoms. The molecule has 0 saturated carbocycles. The molecule has 0 atom stereocenters. The second-order valence-electron chi connectivity index (χ2n) is 6.39. The first-order valence-corrected chi connectivity index (χ1v) is 9.20. The van der Waals surface area contributed by atoms with Crippen LogP contribution >= 0.6 is 0 Å². The third kappa shape index (κ3) is 3.97. The number of para-hydroxylation sites is 1. The number of anilines is 1. The Kier molecular flexibility index (Phi) is 5.37. The van der Waals surface area contributed by atoms with Gasteiger partial charge in [0.2, 0.25) is 5.95 Å². The van der Waals surface area contributed by atoms with Gasteiger partial charge < -0.3 is 4.74 Å². The molecule has 3 aromatic heterocycles. The summed E-state index contributed by atoms with van der Waals surface area (Å²) in [6, 6.07) is 13.0. The van der Waals surface area contributed by atoms with E-state index in [2.05, 4.69) is 25.5 Å². The number of fused-ring (bicyclic) bond motifs is 1. The fourth-order valence-corrected chi connectivity index (χ4v) is 2.92. The van der Waals surface area contributed by atoms with Gasteiger partial charge in [-0.15, -0.1) is 0 Å². The van der Waals surface area contributed by atoms with Crippen LogP contribution in [0.25, 0.3) is 11.2 Å². The third-order valence-electron chi connectivity index (χ3n) is 4.42. The maximum atomic E-state index is 12.5. The highest BCUT2D eigenvalue weighted by molar-refractivity contribution is 5.80. The van der Waals surface area contributed by atoms with E-state index < -0.39 is 11.2 Å². The van der Waals surface area contributed by atoms with E-state index in [4.69, 9.17) is 4.74 Å². The van der Waals surface area contributed by atoms with Crippen LogP contribution < -0.4 is 21.4 Å². The summed E-state index contributed by atoms with van der Waals surface area (Å²) in [5, 5.41) is 4.19. The van der Waals surface area contributed by atoms with Crippen LogP contribution in [0.1, 0.15) is 5.56 Å². The number of hydrogen-bond donors (Lipinski definition) is 2. The van der Waals surface area contributed by atoms with Gasteiger partial charge in [-0.3, -0.25) is 23.9 Å². The van der Waals surface area contributed by atoms with Crippen LogP contribution in [0.4, 0.5) is 5.95 Å². The number of aromatic amines is 1. The van der Waals surface area contributed by atoms with E-state index >= 15 is 0 Å². The van der Waals surface area contributed by atoms with E-state index in [-0.39, 0.29) is 11.2 Å². The van der Waals surface area contributed by atoms with Crippen molar-refractivity contribution in [2.24, 2.45) is 12.1 Å². The van der Waals surface area contributed by atoms with Crippen LogP contribution in [0.3, 0.4) is 0 Å². The summed E-state index contributed by atoms with van der Waals surface area (Å²) in [7, 11) is 1.54. The van der Waals surface area contributed by atoms with Crippen molar-refractivity contribution in [3.63, 3.8) is 0 Å². The van der Waals surface area contributed by atoms with E-state index in [9.17, 15) is 9.59 Å². The average Bonchev–Trinajstić information content (AvgIpc) is 3.13. The number of hydrazone groups is 1. The van der Waals surface area contributed by atoms with Gasteiger partial charge >= 0.3 is 5.69 Å². The van der Waals surface area contributed by atoms with Crippen molar-refractivity contribution in [1.29, 1.82) is 0 Å². The number of benzene rings is 1. The molecular formula is C20H19N7O3. The second kappa shape index (κ2) is 8.43. The summed E-state index contributed by atoms with van der Waals surface area (Å²) in [6.45, 7) is 0.611. The predicted octanol–water partition coefficient (Wildman–Crippen LogP) is 1.34. The first kappa shape index (κ1) is 19.1. The zero-order valence-corrected chi connectivity index (χ0v) is 16.1. The largest absolute Gasteiger partial charge is 0.492 e. The lowest BCUT2D eigenvalue weighted by atomic mass is 10.3. The van der Waals surface area contributed by atoms with Crippen molar-refractivity contribution >= 4 is 23.3 Å². The van der Waals surface area contributed by atoms with E-state index in [0.717, 1.165) is 5.56 Å². The van der Waals surface area contributed by atoms with Gasteiger partial charge in [-0.05, 0) is 29.8 Å². The fourth-order valence-electron chi connectivity index (χ4n) is 2.92. The number of H-pyrrole nitrogens is 1. The minimum atomic E-state index is -0.537. The number of aryl methyl sites for hydroxylation is 1. The molecule has 30 heavy (non-hydrogen) atoms. The monoisotopic (exact) mass is 405 g/mol. The van der Waals surface area contributed by atoms with E-state index in [1.54, 1.807) is 42.4 Å². The molecule has 4 aromatic rings. The molecule has 0 aliphatic rings. The summed E-state index contributed by atoms with van der Waals surface area (Å²) in [5.74, 6) is 1.03. The maximum Gasteiger partial charge on any atom is 0.329 e. The van der Waals surface area contributed by atoms with Gasteiger partial charge in [0.15, 0.2) is 11.2 Å². The second-order valence-corrected chi connectivity index (χ2v) is 6.39. The Morgan fingerprint density at radius 1 is 1.17 bits per heavy atom. The first-order valence-electron chi connectivity index (χ1n) is 9.20. The van der Waals surface area contributed by atoms with Crippen LogP contribution in [0.2, 0.25) is 0 Å². The maximum absolute atomic E-state index is 12.5. The normalized spacial score (nSPS) is 11.2. The molecule has 0 fully saturated rings. The summed E-state index contributed by atoms with van der Waals surface area (Å²) < 4.78 is 8.67. The molecular weight excluding hydrogens is 386 g/mol. The van der Waals surface area contributed by atoms with Gasteiger partial charge in [0.05, 0.1) is 12.8 Å². The lowest BCUT2D eigenvalue weighted by Crippen LogP contribution is -2.29. The van der Waals surface area contributed by atoms with Gasteiger partial charge in [-0.2, -0.15) is 10.1 Å². The Morgan fingerprint density at radius 3 is 2.70 bits per heavy atom. The SMILES string of the molecule is Cn1c(=O)[nH]c(=O)c2c1nc(NN=Cc1ccncc1)n2CCOc1ccccc1. The molecule has 0 unspecified atom stereocenters. The summed E-state index contributed by atoms with van der Waals surface area (Å²) in [5.41, 5.74) is 3.15. The zero-order valence-electron chi connectivity index (χ0n) is 16.1. The number of pyridine rings is 1. The van der Waals surface area contributed by atoms with E-state index in [1.807, 2.05) is 30.3 Å². The molecule has 10 nitrogen and oxygen atoms in total. The van der Waals surface area contributed by atoms with Crippen LogP contribution in [-0.2, 0) is 13.6 Å². The molecule has 0 amide bonds. The molecule has 152 valence electrons. The van der Waals surface area contributed by atoms with Gasteiger partial charge in [0.1, 0.15) is 12.4 Å². The Labute approximate surface area is 170 Å². The summed E-state index contributed by atoms with van der Waals surface area (Å²) in [4.78, 5) is 35.1. The number of imidazole rings is 1. The van der Waals surface area contributed by atoms with Gasteiger partial charge in [-0.25, -0.2) is 10.2 Å². The van der Waals surface area contributed by atoms with Crippen molar-refractivity contribution in [2.75, 3.05) is 12.0 Å². The number of ether oxygens (including phenoxy) is 1. The third-order valence-corrected chi connectivity index (χ3v) is 4.42. The zero-order chi connectivity index (χ0) is 20.9. The smallest absolute Gasteiger partial charge is 0.329 e. The molecule has 0 aliphatic carbocycles. The van der Waals surface area contributed by atoms with Crippen molar-refractivity contribution < 1.29 is 4.74 Å². The van der Waals surface area contributed by atoms with Gasteiger partial charge in [-0.1, -0.05) is 18.2 Å². The average molecular weight is 405 g/mol. The van der Waals surface area contributed by atoms with Crippen LogP contribution in [0.15, 0.2) is 69.5 Å². The van der Waals surface area contributed by atoms with Gasteiger partial charge in [0.25, 0.3) is 5.56 Å². The van der Waals surface area contributed by atoms with Crippen LogP contribution in [0, 0.1) is 0 Å². The highest BCUT2D eigenvalue weighted by Crippen LogP contribution is 2.16. The number of aromatic nitrogens is 5. The summed E-state index contributed by atoms with van der Waals surface area (Å²) >= 11 is 0. The minimum Gasteiger partial charge on any atom is -0.492 e. The Hall–Kier alpha value is -4.21. The lowest BCUT2D eigenvalue weighted by Gasteiger charge is -2.10. The molecule has 0 bridgehead atoms. The Balaban J connectivity index is 1.65. The lowest BCUT2D eigenvalue weighted by molar-refractivity contribution is 0.301. The molecule has 0 spiro atoms. The number of nitrogens with one attached hydrogen (secondary N) is 2. The van der Waals surface area contributed by atoms with Crippen molar-refractivity contribution in [3.8, 4) is 5.75 Å². The van der Waals surface area contributed by atoms with Crippen LogP contribution in [0.5, 0.6) is 5.75 Å². The molecule has 2 N–H and O–H groups in total. The van der Waals surface area contributed by atoms with E-state index in [1.165, 1.54) is 4.57 Å². The summed E-state index contributed by atoms with van der Waals surface area (Å²) in [6.07, 6.45) is 4.93. The molecule has 0 aliphatic heterocycles. The Morgan fingerprint density at radius 2 is 1.93 bits per heavy atom. The quantitative estimate of drug-likeness (QED) is 0.354. The van der Waals surface area contributed by atoms with Crippen molar-refractivity contribution in [1.82, 2.24) is 24.1 Å². The molecule has 3 heterocycles. The van der Waals surface area contributed by atoms with Crippen molar-refractivity contribution in [2.45, 2.75) is 6.54 Å². The molecule has 0 radical (unpaired) electrons. The minimum absolute atomic E-state index is 0.255. The highest BCUT2D eigenvalue weighted by Gasteiger charge is 2.17. The molecule has 4 rings (SSSR count). The topological polar surface area (TPSA) is 119 Å².